The lowest BCUT2D eigenvalue weighted by Crippen LogP contribution is -2.38. The van der Waals surface area contributed by atoms with E-state index in [4.69, 9.17) is 22.1 Å². The molecule has 26 heavy (non-hydrogen) atoms. The molecule has 2 N–H and O–H groups in total. The number of rotatable bonds is 6. The molecule has 0 saturated carbocycles. The van der Waals surface area contributed by atoms with Crippen molar-refractivity contribution in [3.05, 3.63) is 21.8 Å². The smallest absolute Gasteiger partial charge is 0.404 e. The average Bonchev–Trinajstić information content (AvgIpc) is 2.64. The number of anilines is 1. The Kier molecular flexibility index (Phi) is 7.02. The lowest BCUT2D eigenvalue weighted by atomic mass is 10.0. The van der Waals surface area contributed by atoms with E-state index in [-0.39, 0.29) is 30.0 Å². The molecule has 9 heteroatoms. The zero-order chi connectivity index (χ0) is 19.1. The summed E-state index contributed by atoms with van der Waals surface area (Å²) < 4.78 is 10.3. The molecule has 1 saturated heterocycles. The number of pyridine rings is 1. The van der Waals surface area contributed by atoms with Crippen LogP contribution in [0.1, 0.15) is 36.5 Å². The van der Waals surface area contributed by atoms with E-state index in [1.54, 1.807) is 0 Å². The molecule has 0 atom stereocenters. The number of nitrogens with zero attached hydrogens (tertiary/aromatic N) is 4. The van der Waals surface area contributed by atoms with Crippen LogP contribution in [0.4, 0.5) is 10.6 Å². The molecule has 2 heterocycles. The Bertz CT molecular complexity index is 748. The fraction of sp³-hybridized carbons (Fsp3) is 0.529. The number of ether oxygens (including phenoxy) is 2. The van der Waals surface area contributed by atoms with Gasteiger partial charge < -0.3 is 20.1 Å². The van der Waals surface area contributed by atoms with Crippen LogP contribution in [-0.2, 0) is 15.9 Å². The van der Waals surface area contributed by atoms with Crippen molar-refractivity contribution in [2.75, 3.05) is 31.2 Å². The number of nitrogens with two attached hydrogens (primary N) is 1. The van der Waals surface area contributed by atoms with Gasteiger partial charge in [-0.1, -0.05) is 18.5 Å². The number of carbonyl (C=O) groups is 1. The quantitative estimate of drug-likeness (QED) is 0.594. The van der Waals surface area contributed by atoms with Crippen molar-refractivity contribution in [3.63, 3.8) is 0 Å². The fourth-order valence-corrected chi connectivity index (χ4v) is 3.23. The van der Waals surface area contributed by atoms with Crippen molar-refractivity contribution < 1.29 is 14.3 Å². The topological polar surface area (TPSA) is 125 Å². The van der Waals surface area contributed by atoms with E-state index in [1.807, 2.05) is 17.9 Å². The molecule has 1 aliphatic rings. The SMILES string of the molecule is CCc1c(C#N)c(Cl)nc(N2CCC(OCCOC(N)=O)CC2)c1C#N. The molecule has 1 amide bonds. The summed E-state index contributed by atoms with van der Waals surface area (Å²) in [6.45, 7) is 3.59. The normalized spacial score (nSPS) is 14.5. The summed E-state index contributed by atoms with van der Waals surface area (Å²) in [6, 6.07) is 4.21. The Labute approximate surface area is 157 Å². The number of hydrogen-bond donors (Lipinski definition) is 1. The first-order valence-corrected chi connectivity index (χ1v) is 8.70. The van der Waals surface area contributed by atoms with Crippen LogP contribution >= 0.6 is 11.6 Å². The third-order valence-corrected chi connectivity index (χ3v) is 4.51. The maximum Gasteiger partial charge on any atom is 0.404 e. The van der Waals surface area contributed by atoms with E-state index in [0.29, 0.717) is 36.5 Å². The molecule has 1 aromatic rings. The van der Waals surface area contributed by atoms with Crippen molar-refractivity contribution in [1.82, 2.24) is 4.98 Å². The zero-order valence-electron chi connectivity index (χ0n) is 14.5. The van der Waals surface area contributed by atoms with E-state index < -0.39 is 6.09 Å². The Hall–Kier alpha value is -2.55. The molecule has 138 valence electrons. The van der Waals surface area contributed by atoms with Gasteiger partial charge in [-0.15, -0.1) is 0 Å². The second kappa shape index (κ2) is 9.23. The van der Waals surface area contributed by atoms with Crippen molar-refractivity contribution in [1.29, 1.82) is 10.5 Å². The first-order valence-electron chi connectivity index (χ1n) is 8.33. The van der Waals surface area contributed by atoms with Crippen LogP contribution in [0.2, 0.25) is 5.15 Å². The van der Waals surface area contributed by atoms with Crippen LogP contribution in [-0.4, -0.2) is 43.5 Å². The molecule has 0 spiro atoms. The van der Waals surface area contributed by atoms with Gasteiger partial charge in [-0.25, -0.2) is 9.78 Å². The van der Waals surface area contributed by atoms with Gasteiger partial charge in [0.15, 0.2) is 0 Å². The van der Waals surface area contributed by atoms with Gasteiger partial charge in [-0.05, 0) is 24.8 Å². The minimum absolute atomic E-state index is 0.0350. The lowest BCUT2D eigenvalue weighted by molar-refractivity contribution is 0.0117. The predicted octanol–water partition coefficient (Wildman–Crippen LogP) is 2.12. The lowest BCUT2D eigenvalue weighted by Gasteiger charge is -2.33. The molecule has 0 aromatic carbocycles. The van der Waals surface area contributed by atoms with E-state index >= 15 is 0 Å². The fourth-order valence-electron chi connectivity index (χ4n) is 2.99. The van der Waals surface area contributed by atoms with Gasteiger partial charge in [0.05, 0.1) is 23.8 Å². The van der Waals surface area contributed by atoms with Crippen LogP contribution in [0.5, 0.6) is 0 Å². The largest absolute Gasteiger partial charge is 0.447 e. The Morgan fingerprint density at radius 1 is 1.31 bits per heavy atom. The summed E-state index contributed by atoms with van der Waals surface area (Å²) in [5.74, 6) is 0.517. The van der Waals surface area contributed by atoms with Crippen molar-refractivity contribution in [2.24, 2.45) is 5.73 Å². The summed E-state index contributed by atoms with van der Waals surface area (Å²) in [7, 11) is 0. The average molecular weight is 378 g/mol. The van der Waals surface area contributed by atoms with Gasteiger partial charge in [-0.3, -0.25) is 0 Å². The van der Waals surface area contributed by atoms with Gasteiger partial charge in [0.2, 0.25) is 0 Å². The number of carbonyl (C=O) groups excluding carboxylic acids is 1. The molecule has 2 rings (SSSR count). The van der Waals surface area contributed by atoms with Crippen LogP contribution in [0.15, 0.2) is 0 Å². The summed E-state index contributed by atoms with van der Waals surface area (Å²) in [4.78, 5) is 16.8. The minimum Gasteiger partial charge on any atom is -0.447 e. The number of piperidine rings is 1. The molecule has 0 aliphatic carbocycles. The van der Waals surface area contributed by atoms with Gasteiger partial charge in [-0.2, -0.15) is 10.5 Å². The standard InChI is InChI=1S/C17H20ClN5O3/c1-2-12-13(9-19)15(18)22-16(14(12)10-20)23-5-3-11(4-6-23)25-7-8-26-17(21)24/h11H,2-8H2,1H3,(H2,21,24). The number of amides is 1. The molecule has 1 aliphatic heterocycles. The van der Waals surface area contributed by atoms with E-state index in [0.717, 1.165) is 12.8 Å². The highest BCUT2D eigenvalue weighted by atomic mass is 35.5. The van der Waals surface area contributed by atoms with Crippen molar-refractivity contribution >= 4 is 23.5 Å². The minimum atomic E-state index is -0.817. The second-order valence-corrected chi connectivity index (χ2v) is 6.11. The molecule has 1 fully saturated rings. The van der Waals surface area contributed by atoms with Crippen LogP contribution < -0.4 is 10.6 Å². The molecule has 1 aromatic heterocycles. The highest BCUT2D eigenvalue weighted by Gasteiger charge is 2.26. The summed E-state index contributed by atoms with van der Waals surface area (Å²) >= 11 is 6.15. The number of nitriles is 2. The molecule has 0 radical (unpaired) electrons. The first kappa shape index (κ1) is 19.8. The van der Waals surface area contributed by atoms with Gasteiger partial charge in [0.1, 0.15) is 29.7 Å². The molecule has 0 unspecified atom stereocenters. The van der Waals surface area contributed by atoms with Crippen LogP contribution in [0, 0.1) is 22.7 Å². The van der Waals surface area contributed by atoms with Gasteiger partial charge >= 0.3 is 6.09 Å². The molecule has 0 bridgehead atoms. The van der Waals surface area contributed by atoms with Gasteiger partial charge in [0, 0.05) is 13.1 Å². The predicted molar refractivity (Wildman–Crippen MR) is 94.8 cm³/mol. The summed E-state index contributed by atoms with van der Waals surface area (Å²) in [6.07, 6.45) is 1.22. The van der Waals surface area contributed by atoms with E-state index in [2.05, 4.69) is 15.8 Å². The Morgan fingerprint density at radius 2 is 1.96 bits per heavy atom. The number of primary amides is 1. The number of hydrogen-bond acceptors (Lipinski definition) is 7. The second-order valence-electron chi connectivity index (χ2n) is 5.76. The van der Waals surface area contributed by atoms with Gasteiger partial charge in [0.25, 0.3) is 0 Å². The third kappa shape index (κ3) is 4.54. The highest BCUT2D eigenvalue weighted by Crippen LogP contribution is 2.31. The first-order chi connectivity index (χ1) is 12.5. The summed E-state index contributed by atoms with van der Waals surface area (Å²) in [5, 5.41) is 19.0. The van der Waals surface area contributed by atoms with Crippen molar-refractivity contribution in [2.45, 2.75) is 32.3 Å². The van der Waals surface area contributed by atoms with Crippen LogP contribution in [0.25, 0.3) is 0 Å². The molecular formula is C17H20ClN5O3. The Morgan fingerprint density at radius 3 is 2.50 bits per heavy atom. The van der Waals surface area contributed by atoms with Crippen molar-refractivity contribution in [3.8, 4) is 12.1 Å². The maximum absolute atomic E-state index is 10.5. The van der Waals surface area contributed by atoms with E-state index in [9.17, 15) is 15.3 Å². The van der Waals surface area contributed by atoms with E-state index in [1.165, 1.54) is 0 Å². The van der Waals surface area contributed by atoms with Crippen LogP contribution in [0.3, 0.4) is 0 Å². The zero-order valence-corrected chi connectivity index (χ0v) is 15.3. The third-order valence-electron chi connectivity index (χ3n) is 4.24. The molecular weight excluding hydrogens is 358 g/mol. The Balaban J connectivity index is 2.05. The highest BCUT2D eigenvalue weighted by molar-refractivity contribution is 6.30. The summed E-state index contributed by atoms with van der Waals surface area (Å²) in [5.41, 5.74) is 6.19. The maximum atomic E-state index is 10.5. The number of aromatic nitrogens is 1. The molecule has 8 nitrogen and oxygen atoms in total. The number of halogens is 1. The monoisotopic (exact) mass is 377 g/mol.